The van der Waals surface area contributed by atoms with Crippen LogP contribution in [0.3, 0.4) is 0 Å². The van der Waals surface area contributed by atoms with Crippen molar-refractivity contribution in [1.29, 1.82) is 0 Å². The van der Waals surface area contributed by atoms with Gasteiger partial charge in [-0.25, -0.2) is 0 Å². The molecule has 0 saturated heterocycles. The molecule has 9 heteroatoms. The van der Waals surface area contributed by atoms with Crippen LogP contribution >= 0.6 is 11.6 Å². The fraction of sp³-hybridized carbons (Fsp3) is 0.235. The van der Waals surface area contributed by atoms with Crippen LogP contribution in [0.4, 0.5) is 11.4 Å². The predicted octanol–water partition coefficient (Wildman–Crippen LogP) is 3.05. The second-order valence-electron chi connectivity index (χ2n) is 5.82. The first-order chi connectivity index (χ1) is 12.4. The molecule has 0 spiro atoms. The average Bonchev–Trinajstić information content (AvgIpc) is 3.04. The topological polar surface area (TPSA) is 93.9 Å². The van der Waals surface area contributed by atoms with Gasteiger partial charge in [0, 0.05) is 35.5 Å². The Morgan fingerprint density at radius 3 is 2.81 bits per heavy atom. The maximum Gasteiger partial charge on any atom is 0.269 e. The molecule has 0 atom stereocenters. The van der Waals surface area contributed by atoms with Crippen molar-refractivity contribution in [3.63, 3.8) is 0 Å². The van der Waals surface area contributed by atoms with Gasteiger partial charge in [-0.3, -0.25) is 19.8 Å². The Balaban J connectivity index is 1.59. The number of hydrogen-bond donors (Lipinski definition) is 1. The average molecular weight is 378 g/mol. The van der Waals surface area contributed by atoms with Crippen LogP contribution in [-0.2, 0) is 11.3 Å². The van der Waals surface area contributed by atoms with Crippen LogP contribution in [0, 0.1) is 10.1 Å². The minimum Gasteiger partial charge on any atom is -0.454 e. The fourth-order valence-corrected chi connectivity index (χ4v) is 2.74. The van der Waals surface area contributed by atoms with Crippen molar-refractivity contribution in [2.45, 2.75) is 6.54 Å². The van der Waals surface area contributed by atoms with E-state index in [-0.39, 0.29) is 24.9 Å². The van der Waals surface area contributed by atoms with E-state index in [1.807, 2.05) is 0 Å². The summed E-state index contributed by atoms with van der Waals surface area (Å²) < 4.78 is 10.5. The number of hydrogen-bond acceptors (Lipinski definition) is 6. The molecule has 8 nitrogen and oxygen atoms in total. The molecule has 136 valence electrons. The summed E-state index contributed by atoms with van der Waals surface area (Å²) in [6.45, 7) is 0.558. The first kappa shape index (κ1) is 18.0. The number of rotatable bonds is 6. The van der Waals surface area contributed by atoms with Crippen molar-refractivity contribution in [3.05, 3.63) is 57.1 Å². The van der Waals surface area contributed by atoms with E-state index in [1.54, 1.807) is 30.1 Å². The van der Waals surface area contributed by atoms with Gasteiger partial charge in [-0.15, -0.1) is 0 Å². The number of nitro benzene ring substituents is 1. The summed E-state index contributed by atoms with van der Waals surface area (Å²) in [5, 5.41) is 14.1. The van der Waals surface area contributed by atoms with Crippen LogP contribution in [0.15, 0.2) is 36.4 Å². The number of nitrogens with one attached hydrogen (secondary N) is 1. The summed E-state index contributed by atoms with van der Waals surface area (Å²) >= 11 is 6.09. The number of amides is 1. The molecule has 0 fully saturated rings. The molecule has 0 aliphatic carbocycles. The van der Waals surface area contributed by atoms with E-state index in [2.05, 4.69) is 5.32 Å². The Morgan fingerprint density at radius 2 is 2.04 bits per heavy atom. The van der Waals surface area contributed by atoms with Gasteiger partial charge in [0.15, 0.2) is 11.5 Å². The van der Waals surface area contributed by atoms with Gasteiger partial charge in [0.2, 0.25) is 12.7 Å². The van der Waals surface area contributed by atoms with Crippen molar-refractivity contribution in [2.75, 3.05) is 25.7 Å². The second-order valence-corrected chi connectivity index (χ2v) is 6.23. The monoisotopic (exact) mass is 377 g/mol. The van der Waals surface area contributed by atoms with Gasteiger partial charge in [0.05, 0.1) is 11.5 Å². The number of fused-ring (bicyclic) bond motifs is 1. The number of nitrogens with zero attached hydrogens (tertiary/aromatic N) is 2. The minimum atomic E-state index is -0.480. The molecule has 0 saturated carbocycles. The smallest absolute Gasteiger partial charge is 0.269 e. The lowest BCUT2D eigenvalue weighted by molar-refractivity contribution is -0.384. The summed E-state index contributed by atoms with van der Waals surface area (Å²) in [6, 6.07) is 9.38. The SMILES string of the molecule is CN(CC(=O)Nc1ccc2c(c1)OCO2)Cc1cc([N+](=O)[O-])ccc1Cl. The first-order valence-electron chi connectivity index (χ1n) is 7.73. The van der Waals surface area contributed by atoms with E-state index in [0.717, 1.165) is 0 Å². The quantitative estimate of drug-likeness (QED) is 0.614. The van der Waals surface area contributed by atoms with E-state index < -0.39 is 4.92 Å². The second kappa shape index (κ2) is 7.59. The van der Waals surface area contributed by atoms with Gasteiger partial charge in [0.25, 0.3) is 5.69 Å². The maximum atomic E-state index is 12.2. The van der Waals surface area contributed by atoms with Crippen molar-refractivity contribution in [1.82, 2.24) is 4.90 Å². The van der Waals surface area contributed by atoms with Crippen LogP contribution in [0.5, 0.6) is 11.5 Å². The summed E-state index contributed by atoms with van der Waals surface area (Å²) in [5.74, 6) is 0.993. The normalized spacial score (nSPS) is 12.3. The highest BCUT2D eigenvalue weighted by atomic mass is 35.5. The molecule has 1 aliphatic rings. The number of halogens is 1. The number of likely N-dealkylation sites (N-methyl/N-ethyl adjacent to an activating group) is 1. The molecular formula is C17H16ClN3O5. The third-order valence-corrected chi connectivity index (χ3v) is 4.12. The van der Waals surface area contributed by atoms with Crippen molar-refractivity contribution in [3.8, 4) is 11.5 Å². The Bertz CT molecular complexity index is 858. The summed E-state index contributed by atoms with van der Waals surface area (Å²) in [4.78, 5) is 24.3. The Hall–Kier alpha value is -2.84. The molecule has 3 rings (SSSR count). The molecule has 1 aliphatic heterocycles. The highest BCUT2D eigenvalue weighted by Crippen LogP contribution is 2.34. The highest BCUT2D eigenvalue weighted by molar-refractivity contribution is 6.31. The number of anilines is 1. The van der Waals surface area contributed by atoms with Gasteiger partial charge >= 0.3 is 0 Å². The summed E-state index contributed by atoms with van der Waals surface area (Å²) in [7, 11) is 1.73. The molecule has 0 aromatic heterocycles. The lowest BCUT2D eigenvalue weighted by Crippen LogP contribution is -2.29. The molecule has 2 aromatic rings. The van der Waals surface area contributed by atoms with Crippen LogP contribution in [0.2, 0.25) is 5.02 Å². The molecule has 2 aromatic carbocycles. The molecule has 1 amide bonds. The van der Waals surface area contributed by atoms with Crippen molar-refractivity contribution < 1.29 is 19.2 Å². The molecule has 1 heterocycles. The molecule has 26 heavy (non-hydrogen) atoms. The number of carbonyl (C=O) groups is 1. The van der Waals surface area contributed by atoms with E-state index in [0.29, 0.717) is 34.3 Å². The zero-order chi connectivity index (χ0) is 18.7. The standard InChI is InChI=1S/C17H16ClN3O5/c1-20(8-11-6-13(21(23)24)3-4-14(11)18)9-17(22)19-12-2-5-15-16(7-12)26-10-25-15/h2-7H,8-10H2,1H3,(H,19,22). The van der Waals surface area contributed by atoms with Gasteiger partial charge in [-0.2, -0.15) is 0 Å². The number of benzene rings is 2. The van der Waals surface area contributed by atoms with E-state index >= 15 is 0 Å². The Labute approximate surface area is 154 Å². The van der Waals surface area contributed by atoms with Gasteiger partial charge in [0.1, 0.15) is 0 Å². The third kappa shape index (κ3) is 4.22. The molecule has 0 radical (unpaired) electrons. The van der Waals surface area contributed by atoms with E-state index in [4.69, 9.17) is 21.1 Å². The largest absolute Gasteiger partial charge is 0.454 e. The van der Waals surface area contributed by atoms with Crippen molar-refractivity contribution in [2.24, 2.45) is 0 Å². The highest BCUT2D eigenvalue weighted by Gasteiger charge is 2.16. The first-order valence-corrected chi connectivity index (χ1v) is 8.11. The van der Waals surface area contributed by atoms with Gasteiger partial charge in [-0.1, -0.05) is 11.6 Å². The zero-order valence-electron chi connectivity index (χ0n) is 13.9. The van der Waals surface area contributed by atoms with Crippen LogP contribution in [-0.4, -0.2) is 36.1 Å². The lowest BCUT2D eigenvalue weighted by atomic mass is 10.2. The predicted molar refractivity (Wildman–Crippen MR) is 95.6 cm³/mol. The van der Waals surface area contributed by atoms with E-state index in [9.17, 15) is 14.9 Å². The molecule has 1 N–H and O–H groups in total. The zero-order valence-corrected chi connectivity index (χ0v) is 14.7. The van der Waals surface area contributed by atoms with E-state index in [1.165, 1.54) is 18.2 Å². The van der Waals surface area contributed by atoms with Gasteiger partial charge < -0.3 is 14.8 Å². The summed E-state index contributed by atoms with van der Waals surface area (Å²) in [5.41, 5.74) is 1.14. The Morgan fingerprint density at radius 1 is 1.27 bits per heavy atom. The number of nitro groups is 1. The fourth-order valence-electron chi connectivity index (χ4n) is 2.56. The third-order valence-electron chi connectivity index (χ3n) is 3.75. The number of ether oxygens (including phenoxy) is 2. The molecular weight excluding hydrogens is 362 g/mol. The van der Waals surface area contributed by atoms with Gasteiger partial charge in [-0.05, 0) is 30.8 Å². The minimum absolute atomic E-state index is 0.0392. The molecule has 0 bridgehead atoms. The Kier molecular flexibility index (Phi) is 5.24. The number of non-ortho nitro benzene ring substituents is 1. The van der Waals surface area contributed by atoms with Crippen LogP contribution in [0.1, 0.15) is 5.56 Å². The summed E-state index contributed by atoms with van der Waals surface area (Å²) in [6.07, 6.45) is 0. The van der Waals surface area contributed by atoms with Crippen LogP contribution < -0.4 is 14.8 Å². The van der Waals surface area contributed by atoms with Crippen LogP contribution in [0.25, 0.3) is 0 Å². The number of carbonyl (C=O) groups excluding carboxylic acids is 1. The maximum absolute atomic E-state index is 12.2. The molecule has 0 unspecified atom stereocenters. The van der Waals surface area contributed by atoms with Crippen molar-refractivity contribution >= 4 is 28.9 Å². The lowest BCUT2D eigenvalue weighted by Gasteiger charge is -2.17.